The van der Waals surface area contributed by atoms with Crippen LogP contribution in [0.4, 0.5) is 15.9 Å². The van der Waals surface area contributed by atoms with Crippen molar-refractivity contribution in [1.82, 2.24) is 14.9 Å². The fourth-order valence-corrected chi connectivity index (χ4v) is 4.89. The van der Waals surface area contributed by atoms with Gasteiger partial charge in [-0.3, -0.25) is 4.79 Å². The lowest BCUT2D eigenvalue weighted by molar-refractivity contribution is 0.101. The highest BCUT2D eigenvalue weighted by Gasteiger charge is 2.31. The predicted molar refractivity (Wildman–Crippen MR) is 126 cm³/mol. The summed E-state index contributed by atoms with van der Waals surface area (Å²) >= 11 is 0. The van der Waals surface area contributed by atoms with E-state index in [-0.39, 0.29) is 11.3 Å². The van der Waals surface area contributed by atoms with Gasteiger partial charge in [0.05, 0.1) is 11.1 Å². The molecule has 1 aromatic carbocycles. The highest BCUT2D eigenvalue weighted by molar-refractivity contribution is 5.94. The molecule has 0 radical (unpaired) electrons. The summed E-state index contributed by atoms with van der Waals surface area (Å²) in [6.07, 6.45) is 4.01. The Bertz CT molecular complexity index is 1250. The standard InChI is InChI=1S/C25H27FN6O/c1-16(33)21-4-3-19(13-23(21)26)30-7-9-31(10-8-30)24-6-5-22-17(14-27)15-32(25(22)29-24)20-11-18(12-20)28-2/h3-6,13,15,18,20,28H,7-12H2,1-2H3. The fourth-order valence-electron chi connectivity index (χ4n) is 4.89. The van der Waals surface area contributed by atoms with Gasteiger partial charge in [0.2, 0.25) is 0 Å². The second-order valence-corrected chi connectivity index (χ2v) is 8.91. The summed E-state index contributed by atoms with van der Waals surface area (Å²) in [6.45, 7) is 4.35. The third-order valence-electron chi connectivity index (χ3n) is 7.00. The first kappa shape index (κ1) is 21.4. The number of ketones is 1. The molecular formula is C25H27FN6O. The van der Waals surface area contributed by atoms with Crippen LogP contribution < -0.4 is 15.1 Å². The minimum Gasteiger partial charge on any atom is -0.368 e. The van der Waals surface area contributed by atoms with Crippen molar-refractivity contribution in [3.63, 3.8) is 0 Å². The topological polar surface area (TPSA) is 77.2 Å². The van der Waals surface area contributed by atoms with E-state index < -0.39 is 5.82 Å². The molecule has 33 heavy (non-hydrogen) atoms. The number of hydrogen-bond donors (Lipinski definition) is 1. The summed E-state index contributed by atoms with van der Waals surface area (Å²) in [4.78, 5) is 20.8. The number of nitriles is 1. The van der Waals surface area contributed by atoms with E-state index in [4.69, 9.17) is 4.98 Å². The van der Waals surface area contributed by atoms with Crippen molar-refractivity contribution < 1.29 is 9.18 Å². The molecule has 1 aliphatic heterocycles. The summed E-state index contributed by atoms with van der Waals surface area (Å²) in [5.41, 5.74) is 2.45. The van der Waals surface area contributed by atoms with Gasteiger partial charge in [0.15, 0.2) is 5.78 Å². The van der Waals surface area contributed by atoms with Crippen molar-refractivity contribution in [2.45, 2.75) is 31.8 Å². The molecule has 0 spiro atoms. The van der Waals surface area contributed by atoms with Crippen LogP contribution in [0.1, 0.15) is 41.7 Å². The third-order valence-corrected chi connectivity index (χ3v) is 7.00. The largest absolute Gasteiger partial charge is 0.368 e. The molecule has 3 heterocycles. The van der Waals surface area contributed by atoms with Gasteiger partial charge in [0.25, 0.3) is 0 Å². The van der Waals surface area contributed by atoms with Gasteiger partial charge in [-0.05, 0) is 57.1 Å². The summed E-state index contributed by atoms with van der Waals surface area (Å²) in [5.74, 6) is 0.159. The average Bonchev–Trinajstić information content (AvgIpc) is 3.16. The van der Waals surface area contributed by atoms with Crippen LogP contribution in [0.2, 0.25) is 0 Å². The van der Waals surface area contributed by atoms with Crippen molar-refractivity contribution in [3.8, 4) is 6.07 Å². The highest BCUT2D eigenvalue weighted by Crippen LogP contribution is 2.36. The van der Waals surface area contributed by atoms with Gasteiger partial charge >= 0.3 is 0 Å². The third kappa shape index (κ3) is 3.83. The van der Waals surface area contributed by atoms with E-state index in [1.54, 1.807) is 6.07 Å². The number of anilines is 2. The number of rotatable bonds is 5. The number of benzene rings is 1. The van der Waals surface area contributed by atoms with Crippen molar-refractivity contribution in [2.75, 3.05) is 43.0 Å². The summed E-state index contributed by atoms with van der Waals surface area (Å²) in [6, 6.07) is 12.0. The molecule has 1 saturated heterocycles. The Balaban J connectivity index is 1.34. The first-order valence-corrected chi connectivity index (χ1v) is 11.4. The lowest BCUT2D eigenvalue weighted by Crippen LogP contribution is -2.47. The normalized spacial score (nSPS) is 20.5. The van der Waals surface area contributed by atoms with Gasteiger partial charge in [-0.2, -0.15) is 5.26 Å². The van der Waals surface area contributed by atoms with Gasteiger partial charge in [0.1, 0.15) is 23.4 Å². The zero-order valence-electron chi connectivity index (χ0n) is 18.9. The average molecular weight is 447 g/mol. The van der Waals surface area contributed by atoms with Crippen molar-refractivity contribution >= 4 is 28.3 Å². The number of hydrogen-bond acceptors (Lipinski definition) is 6. The number of halogens is 1. The first-order valence-electron chi connectivity index (χ1n) is 11.4. The van der Waals surface area contributed by atoms with Gasteiger partial charge < -0.3 is 19.7 Å². The highest BCUT2D eigenvalue weighted by atomic mass is 19.1. The minimum atomic E-state index is -0.472. The number of nitrogens with one attached hydrogen (secondary N) is 1. The van der Waals surface area contributed by atoms with Gasteiger partial charge in [-0.1, -0.05) is 0 Å². The van der Waals surface area contributed by atoms with E-state index in [2.05, 4.69) is 25.8 Å². The molecule has 0 unspecified atom stereocenters. The second kappa shape index (κ2) is 8.49. The van der Waals surface area contributed by atoms with E-state index in [9.17, 15) is 14.4 Å². The molecule has 2 fully saturated rings. The Kier molecular flexibility index (Phi) is 5.51. The molecule has 1 saturated carbocycles. The van der Waals surface area contributed by atoms with Crippen molar-refractivity contribution in [3.05, 3.63) is 53.5 Å². The molecule has 7 nitrogen and oxygen atoms in total. The van der Waals surface area contributed by atoms with E-state index in [0.29, 0.717) is 17.6 Å². The van der Waals surface area contributed by atoms with Gasteiger partial charge in [-0.15, -0.1) is 0 Å². The minimum absolute atomic E-state index is 0.127. The molecular weight excluding hydrogens is 419 g/mol. The second-order valence-electron chi connectivity index (χ2n) is 8.91. The molecule has 0 atom stereocenters. The van der Waals surface area contributed by atoms with Crippen molar-refractivity contribution in [2.24, 2.45) is 0 Å². The molecule has 3 aromatic rings. The number of Topliss-reactive ketones (excluding diaryl/α,β-unsaturated/α-hetero) is 1. The summed E-state index contributed by atoms with van der Waals surface area (Å²) < 4.78 is 16.4. The zero-order chi connectivity index (χ0) is 23.1. The Morgan fingerprint density at radius 3 is 2.52 bits per heavy atom. The quantitative estimate of drug-likeness (QED) is 0.605. The number of piperazine rings is 1. The molecule has 0 bridgehead atoms. The molecule has 1 aliphatic carbocycles. The maximum Gasteiger partial charge on any atom is 0.162 e. The predicted octanol–water partition coefficient (Wildman–Crippen LogP) is 3.50. The molecule has 170 valence electrons. The Hall–Kier alpha value is -3.44. The molecule has 2 aromatic heterocycles. The van der Waals surface area contributed by atoms with Crippen molar-refractivity contribution in [1.29, 1.82) is 5.26 Å². The lowest BCUT2D eigenvalue weighted by atomic mass is 9.87. The van der Waals surface area contributed by atoms with Crippen LogP contribution in [0.5, 0.6) is 0 Å². The zero-order valence-corrected chi connectivity index (χ0v) is 18.9. The molecule has 5 rings (SSSR count). The van der Waals surface area contributed by atoms with Gasteiger partial charge in [0, 0.05) is 55.5 Å². The number of carbonyl (C=O) groups is 1. The summed E-state index contributed by atoms with van der Waals surface area (Å²) in [5, 5.41) is 13.8. The summed E-state index contributed by atoms with van der Waals surface area (Å²) in [7, 11) is 1.98. The number of fused-ring (bicyclic) bond motifs is 1. The fraction of sp³-hybridized carbons (Fsp3) is 0.400. The maximum atomic E-state index is 14.3. The van der Waals surface area contributed by atoms with Crippen LogP contribution in [0.25, 0.3) is 11.0 Å². The van der Waals surface area contributed by atoms with Gasteiger partial charge in [-0.25, -0.2) is 9.37 Å². The number of carbonyl (C=O) groups excluding carboxylic acids is 1. The van der Waals surface area contributed by atoms with Crippen LogP contribution in [0, 0.1) is 17.1 Å². The van der Waals surface area contributed by atoms with E-state index >= 15 is 0 Å². The Labute approximate surface area is 192 Å². The number of nitrogens with zero attached hydrogens (tertiary/aromatic N) is 5. The maximum absolute atomic E-state index is 14.3. The van der Waals surface area contributed by atoms with Crippen LogP contribution in [0.15, 0.2) is 36.5 Å². The number of pyridine rings is 1. The lowest BCUT2D eigenvalue weighted by Gasteiger charge is -2.37. The van der Waals surface area contributed by atoms with Crippen LogP contribution in [-0.2, 0) is 0 Å². The molecule has 8 heteroatoms. The molecule has 2 aliphatic rings. The molecule has 0 amide bonds. The Morgan fingerprint density at radius 1 is 1.15 bits per heavy atom. The SMILES string of the molecule is CNC1CC(n2cc(C#N)c3ccc(N4CCN(c5ccc(C(C)=O)c(F)c5)CC4)nc32)C1. The molecule has 1 N–H and O–H groups in total. The van der Waals surface area contributed by atoms with Crippen LogP contribution in [-0.4, -0.2) is 54.6 Å². The van der Waals surface area contributed by atoms with Crippen LogP contribution >= 0.6 is 0 Å². The van der Waals surface area contributed by atoms with Crippen LogP contribution in [0.3, 0.4) is 0 Å². The smallest absolute Gasteiger partial charge is 0.162 e. The number of aromatic nitrogens is 2. The monoisotopic (exact) mass is 446 g/mol. The Morgan fingerprint density at radius 2 is 1.88 bits per heavy atom. The van der Waals surface area contributed by atoms with E-state index in [1.807, 2.05) is 31.4 Å². The van der Waals surface area contributed by atoms with E-state index in [0.717, 1.165) is 61.6 Å². The first-order chi connectivity index (χ1) is 16.0. The van der Waals surface area contributed by atoms with E-state index in [1.165, 1.54) is 13.0 Å².